The Morgan fingerprint density at radius 1 is 0.938 bits per heavy atom. The smallest absolute Gasteiger partial charge is 0.306 e. The molecule has 0 saturated heterocycles. The van der Waals surface area contributed by atoms with E-state index in [1.807, 2.05) is 35.7 Å². The van der Waals surface area contributed by atoms with Crippen LogP contribution >= 0.6 is 11.3 Å². The Morgan fingerprint density at radius 3 is 2.38 bits per heavy atom. The fourth-order valence-electron chi connectivity index (χ4n) is 4.10. The Bertz CT molecular complexity index is 1020. The number of anilines is 1. The quantitative estimate of drug-likeness (QED) is 0.410. The molecular weight excluding hydrogens is 420 g/mol. The molecule has 5 nitrogen and oxygen atoms in total. The molecule has 6 heteroatoms. The summed E-state index contributed by atoms with van der Waals surface area (Å²) in [6.07, 6.45) is 7.48. The molecule has 1 saturated carbocycles. The van der Waals surface area contributed by atoms with E-state index in [1.165, 1.54) is 49.0 Å². The lowest BCUT2D eigenvalue weighted by Crippen LogP contribution is -2.21. The molecule has 0 radical (unpaired) electrons. The number of carbonyl (C=O) groups excluding carboxylic acids is 2. The minimum absolute atomic E-state index is 0.274. The highest BCUT2D eigenvalue weighted by Gasteiger charge is 2.16. The number of hydrogen-bond acceptors (Lipinski definition) is 5. The molecule has 0 bridgehead atoms. The van der Waals surface area contributed by atoms with Crippen LogP contribution in [0.5, 0.6) is 0 Å². The van der Waals surface area contributed by atoms with Crippen molar-refractivity contribution >= 4 is 28.3 Å². The average Bonchev–Trinajstić information content (AvgIpc) is 3.31. The van der Waals surface area contributed by atoms with Gasteiger partial charge >= 0.3 is 5.97 Å². The summed E-state index contributed by atoms with van der Waals surface area (Å²) in [4.78, 5) is 28.6. The van der Waals surface area contributed by atoms with E-state index in [0.717, 1.165) is 23.2 Å². The Kier molecular flexibility index (Phi) is 7.67. The van der Waals surface area contributed by atoms with Crippen molar-refractivity contribution < 1.29 is 14.3 Å². The molecule has 1 aromatic heterocycles. The van der Waals surface area contributed by atoms with Gasteiger partial charge in [0.1, 0.15) is 0 Å². The molecule has 166 valence electrons. The zero-order valence-electron chi connectivity index (χ0n) is 18.1. The number of nitrogens with zero attached hydrogens (tertiary/aromatic N) is 1. The molecule has 2 aromatic carbocycles. The fourth-order valence-corrected chi connectivity index (χ4v) is 4.83. The van der Waals surface area contributed by atoms with Gasteiger partial charge in [-0.2, -0.15) is 0 Å². The van der Waals surface area contributed by atoms with Crippen LogP contribution in [0.2, 0.25) is 0 Å². The van der Waals surface area contributed by atoms with Crippen LogP contribution < -0.4 is 5.32 Å². The van der Waals surface area contributed by atoms with E-state index >= 15 is 0 Å². The summed E-state index contributed by atoms with van der Waals surface area (Å²) >= 11 is 1.35. The molecule has 32 heavy (non-hydrogen) atoms. The maximum Gasteiger partial charge on any atom is 0.306 e. The maximum atomic E-state index is 12.1. The number of nitrogens with one attached hydrogen (secondary N) is 1. The van der Waals surface area contributed by atoms with E-state index in [1.54, 1.807) is 0 Å². The first-order chi connectivity index (χ1) is 15.7. The number of esters is 1. The molecule has 3 aromatic rings. The predicted octanol–water partition coefficient (Wildman–Crippen LogP) is 6.32. The highest BCUT2D eigenvalue weighted by molar-refractivity contribution is 7.14. The van der Waals surface area contributed by atoms with Crippen molar-refractivity contribution in [2.24, 2.45) is 5.92 Å². The molecule has 1 fully saturated rings. The van der Waals surface area contributed by atoms with Crippen molar-refractivity contribution in [2.75, 3.05) is 11.9 Å². The second-order valence-corrected chi connectivity index (χ2v) is 9.09. The van der Waals surface area contributed by atoms with Crippen LogP contribution in [-0.2, 0) is 14.3 Å². The fraction of sp³-hybridized carbons (Fsp3) is 0.346. The molecule has 0 atom stereocenters. The molecule has 1 aliphatic carbocycles. The summed E-state index contributed by atoms with van der Waals surface area (Å²) in [7, 11) is 0. The second-order valence-electron chi connectivity index (χ2n) is 8.23. The van der Waals surface area contributed by atoms with E-state index < -0.39 is 0 Å². The highest BCUT2D eigenvalue weighted by Crippen LogP contribution is 2.28. The number of ether oxygens (including phenoxy) is 1. The number of hydrogen-bond donors (Lipinski definition) is 1. The molecule has 1 amide bonds. The Balaban J connectivity index is 1.24. The Labute approximate surface area is 192 Å². The third-order valence-corrected chi connectivity index (χ3v) is 6.64. The van der Waals surface area contributed by atoms with Gasteiger partial charge in [0.25, 0.3) is 5.91 Å². The number of rotatable bonds is 8. The predicted molar refractivity (Wildman–Crippen MR) is 128 cm³/mol. The van der Waals surface area contributed by atoms with Gasteiger partial charge in [0.2, 0.25) is 0 Å². The Morgan fingerprint density at radius 2 is 1.62 bits per heavy atom. The molecule has 1 N–H and O–H groups in total. The van der Waals surface area contributed by atoms with Gasteiger partial charge in [0.05, 0.1) is 5.69 Å². The van der Waals surface area contributed by atoms with E-state index in [9.17, 15) is 9.59 Å². The first-order valence-electron chi connectivity index (χ1n) is 11.2. The standard InChI is InChI=1S/C26H28N2O3S/c29-24(17-31-25(30)16-11-19-7-3-1-4-8-19)28-26-27-23(18-32-26)22-14-12-21(13-15-22)20-9-5-2-6-10-20/h2,5-6,9-10,12-15,18-19H,1,3-4,7-8,11,16-17H2,(H,27,28,29). The largest absolute Gasteiger partial charge is 0.456 e. The highest BCUT2D eigenvalue weighted by atomic mass is 32.1. The van der Waals surface area contributed by atoms with Crippen molar-refractivity contribution in [3.05, 3.63) is 60.0 Å². The normalized spacial score (nSPS) is 14.1. The molecule has 4 rings (SSSR count). The van der Waals surface area contributed by atoms with Gasteiger partial charge in [0, 0.05) is 17.4 Å². The summed E-state index contributed by atoms with van der Waals surface area (Å²) in [5.41, 5.74) is 4.09. The van der Waals surface area contributed by atoms with Gasteiger partial charge in [0.15, 0.2) is 11.7 Å². The van der Waals surface area contributed by atoms with Gasteiger partial charge in [-0.25, -0.2) is 4.98 Å². The van der Waals surface area contributed by atoms with Gasteiger partial charge in [-0.3, -0.25) is 14.9 Å². The van der Waals surface area contributed by atoms with E-state index in [0.29, 0.717) is 17.5 Å². The van der Waals surface area contributed by atoms with Crippen LogP contribution in [-0.4, -0.2) is 23.5 Å². The zero-order valence-corrected chi connectivity index (χ0v) is 18.9. The molecule has 0 spiro atoms. The van der Waals surface area contributed by atoms with E-state index in [-0.39, 0.29) is 18.5 Å². The van der Waals surface area contributed by atoms with Gasteiger partial charge in [-0.15, -0.1) is 11.3 Å². The van der Waals surface area contributed by atoms with Crippen LogP contribution in [0, 0.1) is 5.92 Å². The summed E-state index contributed by atoms with van der Waals surface area (Å²) < 4.78 is 5.14. The monoisotopic (exact) mass is 448 g/mol. The Hall–Kier alpha value is -2.99. The number of thiazole rings is 1. The van der Waals surface area contributed by atoms with Crippen LogP contribution in [0.15, 0.2) is 60.0 Å². The van der Waals surface area contributed by atoms with Gasteiger partial charge in [-0.1, -0.05) is 86.7 Å². The minimum atomic E-state index is -0.364. The zero-order chi connectivity index (χ0) is 22.2. The minimum Gasteiger partial charge on any atom is -0.456 e. The van der Waals surface area contributed by atoms with E-state index in [4.69, 9.17) is 4.74 Å². The average molecular weight is 449 g/mol. The SMILES string of the molecule is O=C(COC(=O)CCC1CCCCC1)Nc1nc(-c2ccc(-c3ccccc3)cc2)cs1. The van der Waals surface area contributed by atoms with Crippen molar-refractivity contribution in [1.29, 1.82) is 0 Å². The van der Waals surface area contributed by atoms with Crippen LogP contribution in [0.1, 0.15) is 44.9 Å². The lowest BCUT2D eigenvalue weighted by Gasteiger charge is -2.20. The summed E-state index contributed by atoms with van der Waals surface area (Å²) in [5, 5.41) is 5.12. The molecular formula is C26H28N2O3S. The topological polar surface area (TPSA) is 68.3 Å². The van der Waals surface area contributed by atoms with Crippen LogP contribution in [0.25, 0.3) is 22.4 Å². The van der Waals surface area contributed by atoms with Crippen molar-refractivity contribution in [2.45, 2.75) is 44.9 Å². The van der Waals surface area contributed by atoms with Crippen molar-refractivity contribution in [3.8, 4) is 22.4 Å². The van der Waals surface area contributed by atoms with Crippen molar-refractivity contribution in [1.82, 2.24) is 4.98 Å². The number of carbonyl (C=O) groups is 2. The molecule has 1 aliphatic rings. The molecule has 1 heterocycles. The lowest BCUT2D eigenvalue weighted by molar-refractivity contribution is -0.147. The van der Waals surface area contributed by atoms with Gasteiger partial charge in [-0.05, 0) is 23.5 Å². The maximum absolute atomic E-state index is 12.1. The summed E-state index contributed by atoms with van der Waals surface area (Å²) in [5.74, 6) is -0.0407. The first-order valence-corrected chi connectivity index (χ1v) is 12.1. The second kappa shape index (κ2) is 11.0. The number of benzene rings is 2. The third-order valence-electron chi connectivity index (χ3n) is 5.88. The van der Waals surface area contributed by atoms with Crippen LogP contribution in [0.4, 0.5) is 5.13 Å². The van der Waals surface area contributed by atoms with E-state index in [2.05, 4.69) is 34.6 Å². The molecule has 0 unspecified atom stereocenters. The van der Waals surface area contributed by atoms with Crippen molar-refractivity contribution in [3.63, 3.8) is 0 Å². The molecule has 0 aliphatic heterocycles. The third kappa shape index (κ3) is 6.26. The van der Waals surface area contributed by atoms with Crippen LogP contribution in [0.3, 0.4) is 0 Å². The number of amides is 1. The first kappa shape index (κ1) is 22.2. The summed E-state index contributed by atoms with van der Waals surface area (Å²) in [6, 6.07) is 18.4. The van der Waals surface area contributed by atoms with Gasteiger partial charge < -0.3 is 4.74 Å². The number of aromatic nitrogens is 1. The summed E-state index contributed by atoms with van der Waals surface area (Å²) in [6.45, 7) is -0.274. The lowest BCUT2D eigenvalue weighted by atomic mass is 9.86.